The van der Waals surface area contributed by atoms with Crippen molar-refractivity contribution < 1.29 is 23.9 Å². The Morgan fingerprint density at radius 2 is 1.55 bits per heavy atom. The van der Waals surface area contributed by atoms with E-state index in [0.717, 1.165) is 94.0 Å². The fourth-order valence-electron chi connectivity index (χ4n) is 11.0. The molecular formula is C45H54FN5O4. The molecule has 55 heavy (non-hydrogen) atoms. The average molecular weight is 748 g/mol. The van der Waals surface area contributed by atoms with Crippen molar-refractivity contribution in [2.24, 2.45) is 17.8 Å². The second kappa shape index (κ2) is 15.2. The SMILES string of the molecule is O=C1CC[C@@H](N2Cc3cc(N4CCN(CC5CCN(c6ccc([C@@H]7c8ccc(O)cc8CC[C@@H]7C7CCCCC7)cc6F)CC5)CC4)ccc3C2=O)C(=O)N1. The highest BCUT2D eigenvalue weighted by Crippen LogP contribution is 2.49. The highest BCUT2D eigenvalue weighted by atomic mass is 19.1. The van der Waals surface area contributed by atoms with Crippen molar-refractivity contribution in [3.63, 3.8) is 0 Å². The summed E-state index contributed by atoms with van der Waals surface area (Å²) in [6.45, 7) is 6.94. The third-order valence-corrected chi connectivity index (χ3v) is 13.9. The van der Waals surface area contributed by atoms with Gasteiger partial charge in [-0.2, -0.15) is 0 Å². The van der Waals surface area contributed by atoms with E-state index in [1.807, 2.05) is 36.4 Å². The summed E-state index contributed by atoms with van der Waals surface area (Å²) in [5.41, 5.74) is 6.99. The number of carbonyl (C=O) groups excluding carboxylic acids is 3. The maximum absolute atomic E-state index is 16.1. The molecule has 4 aliphatic heterocycles. The van der Waals surface area contributed by atoms with Gasteiger partial charge in [0.05, 0.1) is 5.69 Å². The Morgan fingerprint density at radius 3 is 2.31 bits per heavy atom. The van der Waals surface area contributed by atoms with Crippen molar-refractivity contribution in [3.8, 4) is 5.75 Å². The molecule has 6 aliphatic rings. The summed E-state index contributed by atoms with van der Waals surface area (Å²) in [5, 5.41) is 12.6. The number of piperidine rings is 2. The van der Waals surface area contributed by atoms with Crippen LogP contribution in [0.4, 0.5) is 15.8 Å². The smallest absolute Gasteiger partial charge is 0.255 e. The largest absolute Gasteiger partial charge is 0.508 e. The molecule has 0 unspecified atom stereocenters. The lowest BCUT2D eigenvalue weighted by molar-refractivity contribution is -0.136. The van der Waals surface area contributed by atoms with Gasteiger partial charge in [-0.1, -0.05) is 44.2 Å². The number of halogens is 1. The monoisotopic (exact) mass is 747 g/mol. The normalized spacial score (nSPS) is 25.6. The van der Waals surface area contributed by atoms with E-state index >= 15 is 4.39 Å². The van der Waals surface area contributed by atoms with Crippen LogP contribution in [0, 0.1) is 23.6 Å². The summed E-state index contributed by atoms with van der Waals surface area (Å²) in [4.78, 5) is 46.1. The minimum absolute atomic E-state index is 0.111. The van der Waals surface area contributed by atoms with Crippen LogP contribution in [0.5, 0.6) is 5.75 Å². The predicted molar refractivity (Wildman–Crippen MR) is 211 cm³/mol. The fraction of sp³-hybridized carbons (Fsp3) is 0.533. The molecule has 1 saturated carbocycles. The number of hydrogen-bond donors (Lipinski definition) is 2. The van der Waals surface area contributed by atoms with Gasteiger partial charge in [-0.25, -0.2) is 4.39 Å². The predicted octanol–water partition coefficient (Wildman–Crippen LogP) is 6.61. The molecule has 3 aromatic rings. The highest BCUT2D eigenvalue weighted by Gasteiger charge is 2.40. The zero-order valence-electron chi connectivity index (χ0n) is 31.9. The summed E-state index contributed by atoms with van der Waals surface area (Å²) < 4.78 is 16.1. The molecular weight excluding hydrogens is 694 g/mol. The van der Waals surface area contributed by atoms with Crippen molar-refractivity contribution in [2.75, 3.05) is 55.6 Å². The maximum atomic E-state index is 16.1. The van der Waals surface area contributed by atoms with Crippen LogP contribution in [0.15, 0.2) is 54.6 Å². The number of nitrogens with one attached hydrogen (secondary N) is 1. The van der Waals surface area contributed by atoms with E-state index in [9.17, 15) is 19.5 Å². The van der Waals surface area contributed by atoms with Gasteiger partial charge in [0.1, 0.15) is 17.6 Å². The number of hydrogen-bond acceptors (Lipinski definition) is 7. The molecule has 0 bridgehead atoms. The van der Waals surface area contributed by atoms with Crippen molar-refractivity contribution in [1.29, 1.82) is 0 Å². The molecule has 0 spiro atoms. The number of phenols is 1. The van der Waals surface area contributed by atoms with Crippen molar-refractivity contribution in [1.82, 2.24) is 15.1 Å². The van der Waals surface area contributed by atoms with Gasteiger partial charge in [0.15, 0.2) is 0 Å². The van der Waals surface area contributed by atoms with Gasteiger partial charge in [0, 0.05) is 75.9 Å². The quantitative estimate of drug-likeness (QED) is 0.263. The Balaban J connectivity index is 0.787. The van der Waals surface area contributed by atoms with E-state index in [1.54, 1.807) is 4.90 Å². The molecule has 290 valence electrons. The number of phenolic OH excluding ortho intramolecular Hbond substituents is 1. The van der Waals surface area contributed by atoms with Gasteiger partial charge in [-0.15, -0.1) is 0 Å². The van der Waals surface area contributed by atoms with E-state index in [1.165, 1.54) is 43.2 Å². The number of benzene rings is 3. The fourth-order valence-corrected chi connectivity index (χ4v) is 11.0. The molecule has 3 atom stereocenters. The number of aryl methyl sites for hydroxylation is 1. The summed E-state index contributed by atoms with van der Waals surface area (Å²) in [7, 11) is 0. The molecule has 3 saturated heterocycles. The summed E-state index contributed by atoms with van der Waals surface area (Å²) in [6.07, 6.45) is 11.3. The molecule has 3 amide bonds. The third kappa shape index (κ3) is 7.23. The van der Waals surface area contributed by atoms with E-state index in [0.29, 0.717) is 42.0 Å². The van der Waals surface area contributed by atoms with Crippen LogP contribution in [0.1, 0.15) is 103 Å². The second-order valence-corrected chi connectivity index (χ2v) is 17.1. The van der Waals surface area contributed by atoms with Crippen LogP contribution in [-0.4, -0.2) is 84.5 Å². The van der Waals surface area contributed by atoms with E-state index in [4.69, 9.17) is 0 Å². The lowest BCUT2D eigenvalue weighted by Gasteiger charge is -2.41. The van der Waals surface area contributed by atoms with Gasteiger partial charge < -0.3 is 19.8 Å². The van der Waals surface area contributed by atoms with E-state index in [2.05, 4.69) is 38.2 Å². The lowest BCUT2D eigenvalue weighted by atomic mass is 9.64. The van der Waals surface area contributed by atoms with Gasteiger partial charge >= 0.3 is 0 Å². The highest BCUT2D eigenvalue weighted by molar-refractivity contribution is 6.05. The average Bonchev–Trinajstić information content (AvgIpc) is 3.53. The molecule has 0 radical (unpaired) electrons. The first kappa shape index (κ1) is 36.2. The Hall–Kier alpha value is -4.44. The third-order valence-electron chi connectivity index (χ3n) is 13.9. The molecule has 2 N–H and O–H groups in total. The number of rotatable bonds is 7. The number of anilines is 2. The standard InChI is InChI=1S/C45H54FN5O4/c46-39-26-32(43-36(30-4-2-1-3-5-30)10-6-31-25-35(52)9-12-37(31)43)7-13-40(39)50-18-16-29(17-19-50)27-48-20-22-49(23-21-48)34-8-11-38-33(24-34)28-51(45(38)55)41-14-15-42(53)47-44(41)54/h7-9,11-13,24-26,29-30,36,41,43,52H,1-6,10,14-23,27-28H2,(H,47,53,54)/t36-,41-,43+/m1/s1. The molecule has 4 fully saturated rings. The molecule has 0 aromatic heterocycles. The van der Waals surface area contributed by atoms with Gasteiger partial charge in [-0.3, -0.25) is 24.6 Å². The molecule has 9 nitrogen and oxygen atoms in total. The molecule has 3 aromatic carbocycles. The number of piperazine rings is 1. The molecule has 4 heterocycles. The Bertz CT molecular complexity index is 1950. The summed E-state index contributed by atoms with van der Waals surface area (Å²) in [6, 6.07) is 17.3. The van der Waals surface area contributed by atoms with Crippen molar-refractivity contribution in [2.45, 2.75) is 89.1 Å². The van der Waals surface area contributed by atoms with Crippen LogP contribution < -0.4 is 15.1 Å². The van der Waals surface area contributed by atoms with E-state index < -0.39 is 6.04 Å². The Kier molecular flexibility index (Phi) is 10.0. The lowest BCUT2D eigenvalue weighted by Crippen LogP contribution is -2.52. The first-order chi connectivity index (χ1) is 26.8. The number of amides is 3. The van der Waals surface area contributed by atoms with Crippen LogP contribution >= 0.6 is 0 Å². The number of fused-ring (bicyclic) bond motifs is 2. The van der Waals surface area contributed by atoms with Crippen LogP contribution in [0.25, 0.3) is 0 Å². The topological polar surface area (TPSA) is 96.4 Å². The first-order valence-corrected chi connectivity index (χ1v) is 20.9. The molecule has 2 aliphatic carbocycles. The number of nitrogens with zero attached hydrogens (tertiary/aromatic N) is 4. The number of aromatic hydroxyl groups is 1. The maximum Gasteiger partial charge on any atom is 0.255 e. The minimum Gasteiger partial charge on any atom is -0.508 e. The molecule has 10 heteroatoms. The van der Waals surface area contributed by atoms with Gasteiger partial charge in [-0.05, 0) is 115 Å². The number of carbonyl (C=O) groups is 3. The summed E-state index contributed by atoms with van der Waals surface area (Å²) in [5.74, 6) is 1.36. The van der Waals surface area contributed by atoms with E-state index in [-0.39, 0.29) is 35.9 Å². The van der Waals surface area contributed by atoms with Crippen LogP contribution in [0.3, 0.4) is 0 Å². The Labute approximate surface area is 323 Å². The summed E-state index contributed by atoms with van der Waals surface area (Å²) >= 11 is 0. The zero-order chi connectivity index (χ0) is 37.6. The van der Waals surface area contributed by atoms with Crippen molar-refractivity contribution in [3.05, 3.63) is 88.2 Å². The van der Waals surface area contributed by atoms with Crippen LogP contribution in [-0.2, 0) is 22.6 Å². The van der Waals surface area contributed by atoms with Crippen molar-refractivity contribution >= 4 is 29.1 Å². The zero-order valence-corrected chi connectivity index (χ0v) is 31.9. The van der Waals surface area contributed by atoms with Gasteiger partial charge in [0.25, 0.3) is 5.91 Å². The van der Waals surface area contributed by atoms with Crippen LogP contribution in [0.2, 0.25) is 0 Å². The van der Waals surface area contributed by atoms with Gasteiger partial charge in [0.2, 0.25) is 11.8 Å². The Morgan fingerprint density at radius 1 is 0.745 bits per heavy atom. The first-order valence-electron chi connectivity index (χ1n) is 20.9. The minimum atomic E-state index is -0.600. The molecule has 9 rings (SSSR count). The second-order valence-electron chi connectivity index (χ2n) is 17.1. The number of imide groups is 1.